The minimum atomic E-state index is -1.05. The van der Waals surface area contributed by atoms with Gasteiger partial charge in [-0.05, 0) is 16.8 Å². The molecule has 98 valence electrons. The zero-order chi connectivity index (χ0) is 14.0. The standard InChI is InChI=1S/C14H13NO3S/c1-8(16)15-11-7-6-9-4-2-3-5-10(9)12(11)13(19)14(17)18/h2-7,13,19H,1H3,(H,15,16)(H,17,18). The average Bonchev–Trinajstić information content (AvgIpc) is 2.37. The third-order valence-corrected chi connectivity index (χ3v) is 3.27. The quantitative estimate of drug-likeness (QED) is 0.755. The van der Waals surface area contributed by atoms with Gasteiger partial charge in [0.15, 0.2) is 0 Å². The van der Waals surface area contributed by atoms with E-state index in [-0.39, 0.29) is 5.91 Å². The van der Waals surface area contributed by atoms with Gasteiger partial charge in [-0.15, -0.1) is 0 Å². The minimum Gasteiger partial charge on any atom is -0.480 e. The lowest BCUT2D eigenvalue weighted by atomic mass is 9.99. The van der Waals surface area contributed by atoms with Crippen LogP contribution in [0.3, 0.4) is 0 Å². The van der Waals surface area contributed by atoms with Gasteiger partial charge in [-0.25, -0.2) is 0 Å². The number of hydrogen-bond donors (Lipinski definition) is 3. The summed E-state index contributed by atoms with van der Waals surface area (Å²) in [4.78, 5) is 22.4. The molecule has 0 saturated heterocycles. The Labute approximate surface area is 115 Å². The SMILES string of the molecule is CC(=O)Nc1ccc2ccccc2c1C(S)C(=O)O. The molecule has 19 heavy (non-hydrogen) atoms. The number of hydrogen-bond acceptors (Lipinski definition) is 3. The molecule has 2 aromatic carbocycles. The molecule has 2 N–H and O–H groups in total. The van der Waals surface area contributed by atoms with Crippen LogP contribution >= 0.6 is 12.6 Å². The number of amides is 1. The molecule has 0 radical (unpaired) electrons. The molecule has 2 aromatic rings. The van der Waals surface area contributed by atoms with E-state index in [1.54, 1.807) is 6.07 Å². The predicted octanol–water partition coefficient (Wildman–Crippen LogP) is 2.85. The lowest BCUT2D eigenvalue weighted by molar-refractivity contribution is -0.136. The zero-order valence-corrected chi connectivity index (χ0v) is 11.1. The van der Waals surface area contributed by atoms with E-state index in [0.29, 0.717) is 11.3 Å². The Kier molecular flexibility index (Phi) is 3.76. The molecule has 0 bridgehead atoms. The Bertz CT molecular complexity index is 654. The van der Waals surface area contributed by atoms with Gasteiger partial charge in [-0.3, -0.25) is 9.59 Å². The molecule has 4 nitrogen and oxygen atoms in total. The second kappa shape index (κ2) is 5.32. The third-order valence-electron chi connectivity index (χ3n) is 2.79. The van der Waals surface area contributed by atoms with Crippen LogP contribution in [0.5, 0.6) is 0 Å². The van der Waals surface area contributed by atoms with Crippen molar-refractivity contribution in [1.29, 1.82) is 0 Å². The number of thiol groups is 1. The summed E-state index contributed by atoms with van der Waals surface area (Å²) in [7, 11) is 0. The number of carboxylic acid groups (broad SMARTS) is 1. The maximum Gasteiger partial charge on any atom is 0.321 e. The highest BCUT2D eigenvalue weighted by Gasteiger charge is 2.21. The summed E-state index contributed by atoms with van der Waals surface area (Å²) < 4.78 is 0. The molecule has 0 aliphatic heterocycles. The number of carbonyl (C=O) groups excluding carboxylic acids is 1. The normalized spacial score (nSPS) is 12.1. The fraction of sp³-hybridized carbons (Fsp3) is 0.143. The van der Waals surface area contributed by atoms with Crippen LogP contribution in [0.4, 0.5) is 5.69 Å². The summed E-state index contributed by atoms with van der Waals surface area (Å²) in [6.07, 6.45) is 0. The first-order valence-corrected chi connectivity index (χ1v) is 6.22. The van der Waals surface area contributed by atoms with Crippen molar-refractivity contribution in [3.8, 4) is 0 Å². The first-order chi connectivity index (χ1) is 9.00. The fourth-order valence-electron chi connectivity index (χ4n) is 2.01. The number of rotatable bonds is 3. The van der Waals surface area contributed by atoms with Crippen LogP contribution in [0.2, 0.25) is 0 Å². The number of nitrogens with one attached hydrogen (secondary N) is 1. The monoisotopic (exact) mass is 275 g/mol. The van der Waals surface area contributed by atoms with Crippen LogP contribution in [-0.2, 0) is 9.59 Å². The maximum atomic E-state index is 11.2. The molecule has 1 atom stereocenters. The van der Waals surface area contributed by atoms with Crippen LogP contribution in [-0.4, -0.2) is 17.0 Å². The molecule has 1 unspecified atom stereocenters. The summed E-state index contributed by atoms with van der Waals surface area (Å²) in [5.74, 6) is -1.30. The van der Waals surface area contributed by atoms with Crippen molar-refractivity contribution in [2.45, 2.75) is 12.2 Å². The number of anilines is 1. The van der Waals surface area contributed by atoms with Crippen LogP contribution in [0.15, 0.2) is 36.4 Å². The molecule has 0 aromatic heterocycles. The van der Waals surface area contributed by atoms with E-state index in [1.165, 1.54) is 6.92 Å². The molecule has 1 amide bonds. The van der Waals surface area contributed by atoms with Crippen LogP contribution in [0.1, 0.15) is 17.7 Å². The molecule has 2 rings (SSSR count). The summed E-state index contributed by atoms with van der Waals surface area (Å²) in [6.45, 7) is 1.38. The average molecular weight is 275 g/mol. The molecule has 0 spiro atoms. The number of carboxylic acids is 1. The van der Waals surface area contributed by atoms with Crippen molar-refractivity contribution in [2.24, 2.45) is 0 Å². The largest absolute Gasteiger partial charge is 0.480 e. The second-order valence-corrected chi connectivity index (χ2v) is 4.69. The van der Waals surface area contributed by atoms with Crippen molar-refractivity contribution in [1.82, 2.24) is 0 Å². The van der Waals surface area contributed by atoms with Crippen LogP contribution in [0, 0.1) is 0 Å². The molecule has 0 aliphatic rings. The van der Waals surface area contributed by atoms with Gasteiger partial charge in [-0.1, -0.05) is 30.3 Å². The minimum absolute atomic E-state index is 0.248. The molecular weight excluding hydrogens is 262 g/mol. The Morgan fingerprint density at radius 3 is 2.53 bits per heavy atom. The summed E-state index contributed by atoms with van der Waals surface area (Å²) >= 11 is 4.13. The summed E-state index contributed by atoms with van der Waals surface area (Å²) in [5, 5.41) is 12.5. The Hall–Kier alpha value is -2.01. The van der Waals surface area contributed by atoms with Crippen molar-refractivity contribution in [3.63, 3.8) is 0 Å². The third kappa shape index (κ3) is 2.71. The Morgan fingerprint density at radius 2 is 1.89 bits per heavy atom. The van der Waals surface area contributed by atoms with Crippen molar-refractivity contribution in [3.05, 3.63) is 42.0 Å². The molecule has 0 fully saturated rings. The first kappa shape index (κ1) is 13.4. The Balaban J connectivity index is 2.71. The summed E-state index contributed by atoms with van der Waals surface area (Å²) in [5.41, 5.74) is 0.984. The topological polar surface area (TPSA) is 66.4 Å². The maximum absolute atomic E-state index is 11.2. The van der Waals surface area contributed by atoms with Gasteiger partial charge in [0.1, 0.15) is 5.25 Å². The van der Waals surface area contributed by atoms with E-state index >= 15 is 0 Å². The lowest BCUT2D eigenvalue weighted by Crippen LogP contribution is -2.13. The van der Waals surface area contributed by atoms with E-state index in [1.807, 2.05) is 30.3 Å². The fourth-order valence-corrected chi connectivity index (χ4v) is 2.29. The highest BCUT2D eigenvalue weighted by Crippen LogP contribution is 2.34. The first-order valence-electron chi connectivity index (χ1n) is 5.71. The lowest BCUT2D eigenvalue weighted by Gasteiger charge is -2.16. The van der Waals surface area contributed by atoms with Gasteiger partial charge in [-0.2, -0.15) is 12.6 Å². The molecule has 0 heterocycles. The van der Waals surface area contributed by atoms with E-state index in [4.69, 9.17) is 5.11 Å². The predicted molar refractivity (Wildman–Crippen MR) is 77.6 cm³/mol. The molecule has 5 heteroatoms. The van der Waals surface area contributed by atoms with E-state index < -0.39 is 11.2 Å². The number of aliphatic carboxylic acids is 1. The smallest absolute Gasteiger partial charge is 0.321 e. The van der Waals surface area contributed by atoms with Gasteiger partial charge < -0.3 is 10.4 Å². The van der Waals surface area contributed by atoms with Gasteiger partial charge in [0, 0.05) is 18.2 Å². The van der Waals surface area contributed by atoms with Crippen molar-refractivity contribution in [2.75, 3.05) is 5.32 Å². The second-order valence-electron chi connectivity index (χ2n) is 4.17. The van der Waals surface area contributed by atoms with Gasteiger partial charge in [0.25, 0.3) is 0 Å². The van der Waals surface area contributed by atoms with Gasteiger partial charge in [0.2, 0.25) is 5.91 Å². The number of benzene rings is 2. The molecule has 0 aliphatic carbocycles. The van der Waals surface area contributed by atoms with E-state index in [9.17, 15) is 9.59 Å². The van der Waals surface area contributed by atoms with Crippen LogP contribution < -0.4 is 5.32 Å². The highest BCUT2D eigenvalue weighted by molar-refractivity contribution is 7.81. The van der Waals surface area contributed by atoms with E-state index in [0.717, 1.165) is 10.8 Å². The number of carbonyl (C=O) groups is 2. The van der Waals surface area contributed by atoms with E-state index in [2.05, 4.69) is 17.9 Å². The van der Waals surface area contributed by atoms with Gasteiger partial charge >= 0.3 is 5.97 Å². The van der Waals surface area contributed by atoms with Crippen molar-refractivity contribution < 1.29 is 14.7 Å². The van der Waals surface area contributed by atoms with Crippen LogP contribution in [0.25, 0.3) is 10.8 Å². The van der Waals surface area contributed by atoms with Gasteiger partial charge in [0.05, 0.1) is 0 Å². The highest BCUT2D eigenvalue weighted by atomic mass is 32.1. The Morgan fingerprint density at radius 1 is 1.21 bits per heavy atom. The summed E-state index contributed by atoms with van der Waals surface area (Å²) in [6, 6.07) is 10.9. The zero-order valence-electron chi connectivity index (χ0n) is 10.3. The van der Waals surface area contributed by atoms with Crippen molar-refractivity contribution >= 4 is 41.0 Å². The molecular formula is C14H13NO3S. The molecule has 0 saturated carbocycles. The number of fused-ring (bicyclic) bond motifs is 1.